The van der Waals surface area contributed by atoms with Crippen LogP contribution in [0, 0.1) is 0 Å². The van der Waals surface area contributed by atoms with Crippen molar-refractivity contribution in [1.29, 1.82) is 0 Å². The highest BCUT2D eigenvalue weighted by atomic mass is 16.3. The maximum absolute atomic E-state index is 11.3. The summed E-state index contributed by atoms with van der Waals surface area (Å²) in [6, 6.07) is 15.5. The van der Waals surface area contributed by atoms with E-state index in [-0.39, 0.29) is 5.91 Å². The predicted molar refractivity (Wildman–Crippen MR) is 82.2 cm³/mol. The van der Waals surface area contributed by atoms with Crippen molar-refractivity contribution in [3.63, 3.8) is 0 Å². The molecule has 21 heavy (non-hydrogen) atoms. The molecule has 106 valence electrons. The number of nitrogens with zero attached hydrogens (tertiary/aromatic N) is 1. The maximum atomic E-state index is 11.3. The molecule has 1 aromatic heterocycles. The zero-order valence-electron chi connectivity index (χ0n) is 11.8. The van der Waals surface area contributed by atoms with Crippen molar-refractivity contribution in [2.24, 2.45) is 0 Å². The minimum atomic E-state index is 0.0155. The topological polar surface area (TPSA) is 55.1 Å². The maximum Gasteiger partial charge on any atom is 0.224 e. The van der Waals surface area contributed by atoms with Crippen LogP contribution < -0.4 is 5.32 Å². The summed E-state index contributed by atoms with van der Waals surface area (Å²) in [5.74, 6) is 0.711. The largest absolute Gasteiger partial charge is 0.440 e. The Hall–Kier alpha value is -2.62. The van der Waals surface area contributed by atoms with Crippen LogP contribution in [0.3, 0.4) is 0 Å². The van der Waals surface area contributed by atoms with Gasteiger partial charge in [-0.25, -0.2) is 4.98 Å². The van der Waals surface area contributed by atoms with Gasteiger partial charge in [-0.2, -0.15) is 0 Å². The number of nitrogens with one attached hydrogen (secondary N) is 1. The Bertz CT molecular complexity index is 727. The van der Waals surface area contributed by atoms with Crippen molar-refractivity contribution >= 4 is 22.7 Å². The number of oxazole rings is 1. The van der Waals surface area contributed by atoms with E-state index in [1.165, 1.54) is 0 Å². The van der Waals surface area contributed by atoms with E-state index < -0.39 is 0 Å². The highest BCUT2D eigenvalue weighted by Gasteiger charge is 2.06. The SMILES string of the molecule is CCC(=O)Nc1ccc(Cc2nc3ccccc3o2)cc1. The van der Waals surface area contributed by atoms with Crippen molar-refractivity contribution in [3.05, 3.63) is 60.0 Å². The van der Waals surface area contributed by atoms with Crippen molar-refractivity contribution in [3.8, 4) is 0 Å². The Kier molecular flexibility index (Phi) is 3.69. The molecule has 1 heterocycles. The average Bonchev–Trinajstić information content (AvgIpc) is 2.91. The first kappa shape index (κ1) is 13.4. The first-order chi connectivity index (χ1) is 10.2. The fourth-order valence-electron chi connectivity index (χ4n) is 2.13. The summed E-state index contributed by atoms with van der Waals surface area (Å²) in [6.45, 7) is 1.83. The van der Waals surface area contributed by atoms with E-state index in [1.54, 1.807) is 0 Å². The van der Waals surface area contributed by atoms with Gasteiger partial charge in [0, 0.05) is 18.5 Å². The second kappa shape index (κ2) is 5.79. The number of para-hydroxylation sites is 2. The van der Waals surface area contributed by atoms with Gasteiger partial charge in [-0.05, 0) is 29.8 Å². The standard InChI is InChI=1S/C17H16N2O2/c1-2-16(20)18-13-9-7-12(8-10-13)11-17-19-14-5-3-4-6-15(14)21-17/h3-10H,2,11H2,1H3,(H,18,20). The molecule has 1 amide bonds. The lowest BCUT2D eigenvalue weighted by Gasteiger charge is -2.04. The predicted octanol–water partition coefficient (Wildman–Crippen LogP) is 3.77. The molecule has 0 radical (unpaired) electrons. The number of hydrogen-bond acceptors (Lipinski definition) is 3. The molecule has 0 saturated carbocycles. The van der Waals surface area contributed by atoms with E-state index in [0.29, 0.717) is 18.7 Å². The van der Waals surface area contributed by atoms with Crippen LogP contribution in [0.5, 0.6) is 0 Å². The molecule has 4 nitrogen and oxygen atoms in total. The molecule has 0 aliphatic carbocycles. The molecular weight excluding hydrogens is 264 g/mol. The van der Waals surface area contributed by atoms with Gasteiger partial charge in [0.2, 0.25) is 5.91 Å². The number of aromatic nitrogens is 1. The van der Waals surface area contributed by atoms with E-state index in [9.17, 15) is 4.79 Å². The van der Waals surface area contributed by atoms with E-state index in [2.05, 4.69) is 10.3 Å². The molecule has 3 rings (SSSR count). The number of benzene rings is 2. The average molecular weight is 280 g/mol. The fraction of sp³-hybridized carbons (Fsp3) is 0.176. The summed E-state index contributed by atoms with van der Waals surface area (Å²) in [6.07, 6.45) is 1.11. The van der Waals surface area contributed by atoms with E-state index in [1.807, 2.05) is 55.5 Å². The molecule has 0 unspecified atom stereocenters. The molecule has 0 bridgehead atoms. The van der Waals surface area contributed by atoms with Gasteiger partial charge in [-0.15, -0.1) is 0 Å². The van der Waals surface area contributed by atoms with Gasteiger partial charge in [0.1, 0.15) is 5.52 Å². The van der Waals surface area contributed by atoms with Gasteiger partial charge in [0.25, 0.3) is 0 Å². The lowest BCUT2D eigenvalue weighted by atomic mass is 10.1. The van der Waals surface area contributed by atoms with Crippen LogP contribution in [0.1, 0.15) is 24.8 Å². The summed E-state index contributed by atoms with van der Waals surface area (Å²) >= 11 is 0. The first-order valence-corrected chi connectivity index (χ1v) is 6.98. The van der Waals surface area contributed by atoms with Crippen LogP contribution in [-0.4, -0.2) is 10.9 Å². The number of carbonyl (C=O) groups is 1. The van der Waals surface area contributed by atoms with E-state index >= 15 is 0 Å². The van der Waals surface area contributed by atoms with Gasteiger partial charge >= 0.3 is 0 Å². The van der Waals surface area contributed by atoms with Crippen molar-refractivity contribution in [1.82, 2.24) is 4.98 Å². The fourth-order valence-corrected chi connectivity index (χ4v) is 2.13. The third-order valence-electron chi connectivity index (χ3n) is 3.25. The van der Waals surface area contributed by atoms with Crippen molar-refractivity contribution in [2.45, 2.75) is 19.8 Å². The molecule has 0 fully saturated rings. The normalized spacial score (nSPS) is 10.7. The van der Waals surface area contributed by atoms with Gasteiger partial charge in [-0.1, -0.05) is 31.2 Å². The van der Waals surface area contributed by atoms with E-state index in [0.717, 1.165) is 22.4 Å². The zero-order valence-corrected chi connectivity index (χ0v) is 11.8. The molecule has 4 heteroatoms. The zero-order chi connectivity index (χ0) is 14.7. The molecule has 0 atom stereocenters. The Balaban J connectivity index is 1.74. The molecule has 3 aromatic rings. The second-order valence-corrected chi connectivity index (χ2v) is 4.85. The number of hydrogen-bond donors (Lipinski definition) is 1. The lowest BCUT2D eigenvalue weighted by molar-refractivity contribution is -0.115. The lowest BCUT2D eigenvalue weighted by Crippen LogP contribution is -2.09. The molecule has 0 spiro atoms. The van der Waals surface area contributed by atoms with Gasteiger partial charge in [0.15, 0.2) is 11.5 Å². The summed E-state index contributed by atoms with van der Waals surface area (Å²) in [7, 11) is 0. The molecular formula is C17H16N2O2. The minimum absolute atomic E-state index is 0.0155. The Morgan fingerprint density at radius 2 is 1.90 bits per heavy atom. The summed E-state index contributed by atoms with van der Waals surface area (Å²) in [5, 5.41) is 2.83. The van der Waals surface area contributed by atoms with Crippen LogP contribution >= 0.6 is 0 Å². The second-order valence-electron chi connectivity index (χ2n) is 4.85. The number of anilines is 1. The minimum Gasteiger partial charge on any atom is -0.440 e. The Morgan fingerprint density at radius 1 is 1.14 bits per heavy atom. The number of rotatable bonds is 4. The van der Waals surface area contributed by atoms with Crippen LogP contribution in [0.15, 0.2) is 52.9 Å². The first-order valence-electron chi connectivity index (χ1n) is 6.98. The summed E-state index contributed by atoms with van der Waals surface area (Å²) in [4.78, 5) is 15.8. The molecule has 0 aliphatic heterocycles. The molecule has 0 saturated heterocycles. The van der Waals surface area contributed by atoms with Crippen LogP contribution in [-0.2, 0) is 11.2 Å². The van der Waals surface area contributed by atoms with Crippen molar-refractivity contribution in [2.75, 3.05) is 5.32 Å². The highest BCUT2D eigenvalue weighted by molar-refractivity contribution is 5.90. The van der Waals surface area contributed by atoms with Gasteiger partial charge in [-0.3, -0.25) is 4.79 Å². The Morgan fingerprint density at radius 3 is 2.62 bits per heavy atom. The summed E-state index contributed by atoms with van der Waals surface area (Å²) < 4.78 is 5.70. The smallest absolute Gasteiger partial charge is 0.224 e. The van der Waals surface area contributed by atoms with Crippen molar-refractivity contribution < 1.29 is 9.21 Å². The number of carbonyl (C=O) groups excluding carboxylic acids is 1. The monoisotopic (exact) mass is 280 g/mol. The molecule has 0 aliphatic rings. The quantitative estimate of drug-likeness (QED) is 0.791. The third kappa shape index (κ3) is 3.11. The van der Waals surface area contributed by atoms with Gasteiger partial charge < -0.3 is 9.73 Å². The van der Waals surface area contributed by atoms with E-state index in [4.69, 9.17) is 4.42 Å². The summed E-state index contributed by atoms with van der Waals surface area (Å²) in [5.41, 5.74) is 3.58. The van der Waals surface area contributed by atoms with Crippen LogP contribution in [0.25, 0.3) is 11.1 Å². The van der Waals surface area contributed by atoms with Crippen LogP contribution in [0.4, 0.5) is 5.69 Å². The Labute approximate surface area is 122 Å². The highest BCUT2D eigenvalue weighted by Crippen LogP contribution is 2.18. The molecule has 2 aromatic carbocycles. The van der Waals surface area contributed by atoms with Gasteiger partial charge in [0.05, 0.1) is 0 Å². The van der Waals surface area contributed by atoms with Crippen LogP contribution in [0.2, 0.25) is 0 Å². The third-order valence-corrected chi connectivity index (χ3v) is 3.25. The molecule has 1 N–H and O–H groups in total. The number of amides is 1. The number of fused-ring (bicyclic) bond motifs is 1.